The lowest BCUT2D eigenvalue weighted by molar-refractivity contribution is 0.186. The second kappa shape index (κ2) is 12.2. The molecular formula is C23H28N2O4. The third kappa shape index (κ3) is 8.09. The van der Waals surface area contributed by atoms with Gasteiger partial charge in [-0.15, -0.1) is 0 Å². The van der Waals surface area contributed by atoms with Crippen molar-refractivity contribution < 1.29 is 19.1 Å². The van der Waals surface area contributed by atoms with Crippen LogP contribution in [0.15, 0.2) is 65.8 Å². The normalized spacial score (nSPS) is 11.3. The zero-order valence-corrected chi connectivity index (χ0v) is 17.2. The van der Waals surface area contributed by atoms with E-state index in [1.165, 1.54) is 12.7 Å². The Balaban J connectivity index is 1.91. The van der Waals surface area contributed by atoms with E-state index in [0.717, 1.165) is 24.2 Å². The van der Waals surface area contributed by atoms with Crippen LogP contribution in [0.5, 0.6) is 5.75 Å². The molecule has 0 saturated carbocycles. The van der Waals surface area contributed by atoms with E-state index in [0.29, 0.717) is 18.7 Å². The van der Waals surface area contributed by atoms with Gasteiger partial charge in [-0.05, 0) is 62.1 Å². The summed E-state index contributed by atoms with van der Waals surface area (Å²) < 4.78 is 10.7. The average Bonchev–Trinajstić information content (AvgIpc) is 2.71. The SMILES string of the molecule is CC=CCCc1ccc(NC(=O)OC(Cc2ccc(OCC)cc2)=NOC)cc1. The van der Waals surface area contributed by atoms with Gasteiger partial charge in [0.2, 0.25) is 5.90 Å². The molecule has 6 heteroatoms. The molecule has 0 heterocycles. The number of hydrogen-bond donors (Lipinski definition) is 1. The molecule has 0 aliphatic rings. The van der Waals surface area contributed by atoms with E-state index in [4.69, 9.17) is 14.3 Å². The van der Waals surface area contributed by atoms with Crippen LogP contribution in [0.1, 0.15) is 31.4 Å². The molecule has 0 spiro atoms. The van der Waals surface area contributed by atoms with Crippen molar-refractivity contribution in [1.82, 2.24) is 0 Å². The van der Waals surface area contributed by atoms with Gasteiger partial charge in [0, 0.05) is 5.69 Å². The number of oxime groups is 1. The van der Waals surface area contributed by atoms with Crippen molar-refractivity contribution >= 4 is 17.7 Å². The van der Waals surface area contributed by atoms with Gasteiger partial charge in [-0.25, -0.2) is 4.79 Å². The highest BCUT2D eigenvalue weighted by Crippen LogP contribution is 2.14. The Hall–Kier alpha value is -3.28. The van der Waals surface area contributed by atoms with Crippen LogP contribution in [0, 0.1) is 0 Å². The molecule has 2 aromatic carbocycles. The maximum atomic E-state index is 12.2. The standard InChI is InChI=1S/C23H28N2O4/c1-4-6-7-8-18-9-13-20(14-10-18)24-23(26)29-22(25-27-3)17-19-11-15-21(16-12-19)28-5-2/h4,6,9-16H,5,7-8,17H2,1-3H3,(H,24,26). The molecule has 0 bridgehead atoms. The second-order valence-corrected chi connectivity index (χ2v) is 6.24. The summed E-state index contributed by atoms with van der Waals surface area (Å²) in [6.07, 6.45) is 5.82. The van der Waals surface area contributed by atoms with Gasteiger partial charge in [0.05, 0.1) is 13.0 Å². The van der Waals surface area contributed by atoms with Crippen LogP contribution in [-0.4, -0.2) is 25.7 Å². The predicted octanol–water partition coefficient (Wildman–Crippen LogP) is 5.35. The van der Waals surface area contributed by atoms with Crippen LogP contribution in [0.2, 0.25) is 0 Å². The van der Waals surface area contributed by atoms with Gasteiger partial charge in [-0.3, -0.25) is 5.32 Å². The fourth-order valence-electron chi connectivity index (χ4n) is 2.66. The van der Waals surface area contributed by atoms with Crippen LogP contribution in [0.25, 0.3) is 0 Å². The molecule has 0 saturated heterocycles. The quantitative estimate of drug-likeness (QED) is 0.269. The lowest BCUT2D eigenvalue weighted by Gasteiger charge is -2.10. The molecule has 0 aromatic heterocycles. The second-order valence-electron chi connectivity index (χ2n) is 6.24. The first-order valence-corrected chi connectivity index (χ1v) is 9.65. The molecule has 2 rings (SSSR count). The van der Waals surface area contributed by atoms with Crippen LogP contribution >= 0.6 is 0 Å². The zero-order valence-electron chi connectivity index (χ0n) is 17.2. The smallest absolute Gasteiger partial charge is 0.418 e. The van der Waals surface area contributed by atoms with Gasteiger partial charge in [-0.2, -0.15) is 0 Å². The minimum absolute atomic E-state index is 0.164. The number of anilines is 1. The van der Waals surface area contributed by atoms with Crippen molar-refractivity contribution in [2.45, 2.75) is 33.1 Å². The Morgan fingerprint density at radius 1 is 1.07 bits per heavy atom. The monoisotopic (exact) mass is 396 g/mol. The summed E-state index contributed by atoms with van der Waals surface area (Å²) in [4.78, 5) is 17.0. The summed E-state index contributed by atoms with van der Waals surface area (Å²) >= 11 is 0. The minimum atomic E-state index is -0.617. The molecule has 0 unspecified atom stereocenters. The number of carbonyl (C=O) groups is 1. The number of allylic oxidation sites excluding steroid dienone is 2. The molecule has 2 aromatic rings. The van der Waals surface area contributed by atoms with Crippen molar-refractivity contribution in [1.29, 1.82) is 0 Å². The van der Waals surface area contributed by atoms with Gasteiger partial charge >= 0.3 is 6.09 Å². The highest BCUT2D eigenvalue weighted by molar-refractivity contribution is 5.95. The lowest BCUT2D eigenvalue weighted by Crippen LogP contribution is -2.20. The van der Waals surface area contributed by atoms with Gasteiger partial charge < -0.3 is 14.3 Å². The van der Waals surface area contributed by atoms with Gasteiger partial charge in [0.15, 0.2) is 0 Å². The fraction of sp³-hybridized carbons (Fsp3) is 0.304. The molecule has 0 atom stereocenters. The minimum Gasteiger partial charge on any atom is -0.494 e. The van der Waals surface area contributed by atoms with E-state index >= 15 is 0 Å². The summed E-state index contributed by atoms with van der Waals surface area (Å²) in [5.41, 5.74) is 2.78. The van der Waals surface area contributed by atoms with Crippen molar-refractivity contribution in [3.63, 3.8) is 0 Å². The molecule has 29 heavy (non-hydrogen) atoms. The Labute approximate surface area is 172 Å². The maximum Gasteiger partial charge on any atom is 0.418 e. The number of nitrogens with one attached hydrogen (secondary N) is 1. The van der Waals surface area contributed by atoms with E-state index < -0.39 is 6.09 Å². The topological polar surface area (TPSA) is 69.2 Å². The van der Waals surface area contributed by atoms with E-state index in [-0.39, 0.29) is 5.90 Å². The fourth-order valence-corrected chi connectivity index (χ4v) is 2.66. The van der Waals surface area contributed by atoms with Gasteiger partial charge in [-0.1, -0.05) is 41.6 Å². The first kappa shape index (κ1) is 22.0. The van der Waals surface area contributed by atoms with Gasteiger partial charge in [0.1, 0.15) is 12.9 Å². The van der Waals surface area contributed by atoms with E-state index in [1.807, 2.05) is 68.5 Å². The number of hydrogen-bond acceptors (Lipinski definition) is 5. The van der Waals surface area contributed by atoms with E-state index in [1.54, 1.807) is 0 Å². The lowest BCUT2D eigenvalue weighted by atomic mass is 10.1. The largest absolute Gasteiger partial charge is 0.494 e. The highest BCUT2D eigenvalue weighted by atomic mass is 16.6. The Kier molecular flexibility index (Phi) is 9.29. The van der Waals surface area contributed by atoms with E-state index in [2.05, 4.69) is 16.5 Å². The van der Waals surface area contributed by atoms with Crippen LogP contribution in [-0.2, 0) is 22.4 Å². The summed E-state index contributed by atoms with van der Waals surface area (Å²) in [6.45, 7) is 4.55. The maximum absolute atomic E-state index is 12.2. The van der Waals surface area contributed by atoms with Crippen molar-refractivity contribution in [2.75, 3.05) is 19.0 Å². The third-order valence-electron chi connectivity index (χ3n) is 4.03. The van der Waals surface area contributed by atoms with Crippen LogP contribution < -0.4 is 10.1 Å². The van der Waals surface area contributed by atoms with E-state index in [9.17, 15) is 4.79 Å². The number of carbonyl (C=O) groups excluding carboxylic acids is 1. The van der Waals surface area contributed by atoms with Crippen molar-refractivity contribution in [3.8, 4) is 5.75 Å². The molecule has 1 N–H and O–H groups in total. The first-order chi connectivity index (χ1) is 14.1. The summed E-state index contributed by atoms with van der Waals surface area (Å²) in [6, 6.07) is 15.2. The van der Waals surface area contributed by atoms with Crippen LogP contribution in [0.4, 0.5) is 10.5 Å². The number of amides is 1. The van der Waals surface area contributed by atoms with Crippen molar-refractivity contribution in [3.05, 3.63) is 71.8 Å². The Bertz CT molecular complexity index is 812. The molecule has 0 fully saturated rings. The van der Waals surface area contributed by atoms with Crippen molar-refractivity contribution in [2.24, 2.45) is 5.16 Å². The summed E-state index contributed by atoms with van der Waals surface area (Å²) in [7, 11) is 1.41. The molecule has 0 aliphatic carbocycles. The predicted molar refractivity (Wildman–Crippen MR) is 115 cm³/mol. The molecule has 0 radical (unpaired) electrons. The molecular weight excluding hydrogens is 368 g/mol. The summed E-state index contributed by atoms with van der Waals surface area (Å²) in [5, 5.41) is 6.52. The number of nitrogens with zero attached hydrogens (tertiary/aromatic N) is 1. The first-order valence-electron chi connectivity index (χ1n) is 9.65. The molecule has 0 aliphatic heterocycles. The number of ether oxygens (including phenoxy) is 2. The average molecular weight is 396 g/mol. The Morgan fingerprint density at radius 2 is 1.76 bits per heavy atom. The number of benzene rings is 2. The molecule has 154 valence electrons. The summed E-state index contributed by atoms with van der Waals surface area (Å²) in [5.74, 6) is 0.950. The highest BCUT2D eigenvalue weighted by Gasteiger charge is 2.11. The Morgan fingerprint density at radius 3 is 2.38 bits per heavy atom. The third-order valence-corrected chi connectivity index (χ3v) is 4.03. The number of aryl methyl sites for hydroxylation is 1. The van der Waals surface area contributed by atoms with Gasteiger partial charge in [0.25, 0.3) is 0 Å². The van der Waals surface area contributed by atoms with Crippen LogP contribution in [0.3, 0.4) is 0 Å². The molecule has 1 amide bonds. The zero-order chi connectivity index (χ0) is 20.9. The molecule has 6 nitrogen and oxygen atoms in total. The number of rotatable bonds is 9.